The number of rotatable bonds is 4. The zero-order valence-electron chi connectivity index (χ0n) is 12.5. The minimum Gasteiger partial charge on any atom is -0.383 e. The second-order valence-electron chi connectivity index (χ2n) is 5.83. The van der Waals surface area contributed by atoms with Crippen molar-refractivity contribution >= 4 is 0 Å². The van der Waals surface area contributed by atoms with E-state index in [1.54, 1.807) is 7.11 Å². The van der Waals surface area contributed by atoms with Crippen LogP contribution in [0.4, 0.5) is 0 Å². The fourth-order valence-corrected chi connectivity index (χ4v) is 3.21. The molecule has 2 rings (SSSR count). The van der Waals surface area contributed by atoms with Gasteiger partial charge in [0, 0.05) is 25.2 Å². The van der Waals surface area contributed by atoms with Gasteiger partial charge in [0.15, 0.2) is 0 Å². The molecule has 3 nitrogen and oxygen atoms in total. The zero-order chi connectivity index (χ0) is 14.0. The van der Waals surface area contributed by atoms with Crippen molar-refractivity contribution in [3.05, 3.63) is 35.4 Å². The molecule has 0 saturated heterocycles. The average Bonchev–Trinajstić information content (AvgIpc) is 2.42. The van der Waals surface area contributed by atoms with E-state index in [1.807, 2.05) is 0 Å². The monoisotopic (exact) mass is 262 g/mol. The molecule has 1 aliphatic carbocycles. The summed E-state index contributed by atoms with van der Waals surface area (Å²) < 4.78 is 5.26. The SMILES string of the molecule is COCC(C)N(C)C1CC(C)c2ccccc2C1N. The van der Waals surface area contributed by atoms with Crippen LogP contribution in [0.1, 0.15) is 43.4 Å². The summed E-state index contributed by atoms with van der Waals surface area (Å²) in [5.41, 5.74) is 9.23. The third-order valence-corrected chi connectivity index (χ3v) is 4.52. The van der Waals surface area contributed by atoms with Gasteiger partial charge in [-0.2, -0.15) is 0 Å². The van der Waals surface area contributed by atoms with Gasteiger partial charge in [0.25, 0.3) is 0 Å². The van der Waals surface area contributed by atoms with Gasteiger partial charge in [-0.05, 0) is 37.4 Å². The highest BCUT2D eigenvalue weighted by Crippen LogP contribution is 2.38. The standard InChI is InChI=1S/C16H26N2O/c1-11-9-15(18(3)12(2)10-19-4)16(17)14-8-6-5-7-13(11)14/h5-8,11-12,15-16H,9-10,17H2,1-4H3. The molecule has 3 heteroatoms. The Labute approximate surface area is 116 Å². The molecule has 0 bridgehead atoms. The van der Waals surface area contributed by atoms with Crippen LogP contribution < -0.4 is 5.73 Å². The quantitative estimate of drug-likeness (QED) is 0.906. The van der Waals surface area contributed by atoms with E-state index in [9.17, 15) is 0 Å². The molecule has 0 radical (unpaired) electrons. The zero-order valence-corrected chi connectivity index (χ0v) is 12.5. The molecule has 0 saturated carbocycles. The van der Waals surface area contributed by atoms with Crippen LogP contribution in [0.3, 0.4) is 0 Å². The molecule has 4 atom stereocenters. The molecule has 0 spiro atoms. The number of hydrogen-bond acceptors (Lipinski definition) is 3. The van der Waals surface area contributed by atoms with Crippen molar-refractivity contribution in [1.29, 1.82) is 0 Å². The number of nitrogens with two attached hydrogens (primary N) is 1. The number of nitrogens with zero attached hydrogens (tertiary/aromatic N) is 1. The molecule has 0 fully saturated rings. The average molecular weight is 262 g/mol. The summed E-state index contributed by atoms with van der Waals surface area (Å²) in [4.78, 5) is 2.38. The summed E-state index contributed by atoms with van der Waals surface area (Å²) in [6, 6.07) is 9.46. The van der Waals surface area contributed by atoms with Crippen molar-refractivity contribution in [3.63, 3.8) is 0 Å². The molecule has 1 aliphatic rings. The van der Waals surface area contributed by atoms with Crippen LogP contribution >= 0.6 is 0 Å². The fraction of sp³-hybridized carbons (Fsp3) is 0.625. The first-order valence-corrected chi connectivity index (χ1v) is 7.11. The maximum atomic E-state index is 6.51. The minimum absolute atomic E-state index is 0.0942. The summed E-state index contributed by atoms with van der Waals surface area (Å²) in [5.74, 6) is 0.568. The van der Waals surface area contributed by atoms with E-state index >= 15 is 0 Å². The van der Waals surface area contributed by atoms with Gasteiger partial charge >= 0.3 is 0 Å². The van der Waals surface area contributed by atoms with Gasteiger partial charge in [-0.1, -0.05) is 31.2 Å². The lowest BCUT2D eigenvalue weighted by Crippen LogP contribution is -2.49. The summed E-state index contributed by atoms with van der Waals surface area (Å²) >= 11 is 0. The lowest BCUT2D eigenvalue weighted by atomic mass is 9.77. The Morgan fingerprint density at radius 2 is 2.00 bits per heavy atom. The first-order valence-electron chi connectivity index (χ1n) is 7.11. The Morgan fingerprint density at radius 1 is 1.37 bits per heavy atom. The van der Waals surface area contributed by atoms with Crippen molar-refractivity contribution in [1.82, 2.24) is 4.90 Å². The van der Waals surface area contributed by atoms with E-state index in [1.165, 1.54) is 11.1 Å². The van der Waals surface area contributed by atoms with E-state index in [0.717, 1.165) is 13.0 Å². The lowest BCUT2D eigenvalue weighted by molar-refractivity contribution is 0.0714. The van der Waals surface area contributed by atoms with E-state index in [2.05, 4.69) is 50.1 Å². The molecule has 106 valence electrons. The van der Waals surface area contributed by atoms with Crippen molar-refractivity contribution in [2.45, 2.75) is 44.3 Å². The Kier molecular flexibility index (Phi) is 4.61. The van der Waals surface area contributed by atoms with Crippen LogP contribution in [-0.2, 0) is 4.74 Å². The molecule has 2 N–H and O–H groups in total. The second-order valence-corrected chi connectivity index (χ2v) is 5.83. The summed E-state index contributed by atoms with van der Waals surface area (Å²) in [7, 11) is 3.91. The van der Waals surface area contributed by atoms with Gasteiger partial charge in [0.05, 0.1) is 6.61 Å². The highest BCUT2D eigenvalue weighted by atomic mass is 16.5. The van der Waals surface area contributed by atoms with Crippen LogP contribution in [0, 0.1) is 0 Å². The van der Waals surface area contributed by atoms with Gasteiger partial charge < -0.3 is 10.5 Å². The van der Waals surface area contributed by atoms with Crippen LogP contribution in [0.15, 0.2) is 24.3 Å². The normalized spacial score (nSPS) is 28.2. The van der Waals surface area contributed by atoms with Crippen LogP contribution in [0.25, 0.3) is 0 Å². The van der Waals surface area contributed by atoms with E-state index < -0.39 is 0 Å². The van der Waals surface area contributed by atoms with Gasteiger partial charge in [-0.25, -0.2) is 0 Å². The molecule has 0 heterocycles. The number of benzene rings is 1. The number of hydrogen-bond donors (Lipinski definition) is 1. The van der Waals surface area contributed by atoms with Crippen molar-refractivity contribution in [2.24, 2.45) is 5.73 Å². The first kappa shape index (κ1) is 14.5. The fourth-order valence-electron chi connectivity index (χ4n) is 3.21. The molecule has 0 aromatic heterocycles. The molecule has 0 aliphatic heterocycles. The summed E-state index contributed by atoms with van der Waals surface area (Å²) in [6.07, 6.45) is 1.11. The largest absolute Gasteiger partial charge is 0.383 e. The van der Waals surface area contributed by atoms with Gasteiger partial charge in [0.1, 0.15) is 0 Å². The summed E-state index contributed by atoms with van der Waals surface area (Å²) in [5, 5.41) is 0. The third kappa shape index (κ3) is 2.83. The van der Waals surface area contributed by atoms with Crippen molar-refractivity contribution in [3.8, 4) is 0 Å². The van der Waals surface area contributed by atoms with Crippen LogP contribution in [-0.4, -0.2) is 37.7 Å². The smallest absolute Gasteiger partial charge is 0.0615 e. The molecule has 4 unspecified atom stereocenters. The van der Waals surface area contributed by atoms with Crippen LogP contribution in [0.5, 0.6) is 0 Å². The third-order valence-electron chi connectivity index (χ3n) is 4.52. The topological polar surface area (TPSA) is 38.5 Å². The maximum Gasteiger partial charge on any atom is 0.0615 e. The predicted molar refractivity (Wildman–Crippen MR) is 79.3 cm³/mol. The minimum atomic E-state index is 0.0942. The Hall–Kier alpha value is -0.900. The molecule has 1 aromatic rings. The predicted octanol–water partition coefficient (Wildman–Crippen LogP) is 2.53. The van der Waals surface area contributed by atoms with E-state index in [0.29, 0.717) is 18.0 Å². The Bertz CT molecular complexity index is 421. The van der Waals surface area contributed by atoms with Gasteiger partial charge in [0.2, 0.25) is 0 Å². The number of fused-ring (bicyclic) bond motifs is 1. The van der Waals surface area contributed by atoms with Crippen LogP contribution in [0.2, 0.25) is 0 Å². The molecular formula is C16H26N2O. The van der Waals surface area contributed by atoms with Gasteiger partial charge in [-0.15, -0.1) is 0 Å². The Balaban J connectivity index is 2.22. The highest BCUT2D eigenvalue weighted by molar-refractivity contribution is 5.36. The van der Waals surface area contributed by atoms with E-state index in [4.69, 9.17) is 10.5 Å². The Morgan fingerprint density at radius 3 is 2.63 bits per heavy atom. The lowest BCUT2D eigenvalue weighted by Gasteiger charge is -2.42. The van der Waals surface area contributed by atoms with Crippen molar-refractivity contribution in [2.75, 3.05) is 20.8 Å². The number of ether oxygens (including phenoxy) is 1. The number of methoxy groups -OCH3 is 1. The summed E-state index contributed by atoms with van der Waals surface area (Å²) in [6.45, 7) is 5.24. The van der Waals surface area contributed by atoms with Crippen molar-refractivity contribution < 1.29 is 4.74 Å². The van der Waals surface area contributed by atoms with E-state index in [-0.39, 0.29) is 6.04 Å². The van der Waals surface area contributed by atoms with Gasteiger partial charge in [-0.3, -0.25) is 4.90 Å². The molecule has 0 amide bonds. The first-order chi connectivity index (χ1) is 9.06. The molecule has 1 aromatic carbocycles. The molecule has 19 heavy (non-hydrogen) atoms. The second kappa shape index (κ2) is 6.04. The maximum absolute atomic E-state index is 6.51. The molecular weight excluding hydrogens is 236 g/mol. The number of likely N-dealkylation sites (N-methyl/N-ethyl adjacent to an activating group) is 1. The highest BCUT2D eigenvalue weighted by Gasteiger charge is 2.34.